The van der Waals surface area contributed by atoms with Crippen molar-refractivity contribution >= 4 is 11.3 Å². The highest BCUT2D eigenvalue weighted by Gasteiger charge is 2.38. The van der Waals surface area contributed by atoms with E-state index in [1.807, 2.05) is 6.92 Å². The molecule has 19 heavy (non-hydrogen) atoms. The van der Waals surface area contributed by atoms with Crippen molar-refractivity contribution in [2.24, 2.45) is 0 Å². The number of aromatic nitrogens is 1. The number of ether oxygens (including phenoxy) is 1. The molecular weight excluding hydrogens is 258 g/mol. The van der Waals surface area contributed by atoms with Gasteiger partial charge in [0.25, 0.3) is 0 Å². The number of nitrogens with zero attached hydrogens (tertiary/aromatic N) is 1. The molecule has 0 amide bonds. The predicted octanol–water partition coefficient (Wildman–Crippen LogP) is 3.40. The summed E-state index contributed by atoms with van der Waals surface area (Å²) in [6.45, 7) is 4.11. The quantitative estimate of drug-likeness (QED) is 0.861. The van der Waals surface area contributed by atoms with Crippen LogP contribution in [0.5, 0.6) is 0 Å². The molecule has 0 bridgehead atoms. The molecule has 0 radical (unpaired) electrons. The SMILES string of the molecule is COC1(C(O)Cc2nc(C)c(C)s2)CCCCCC1. The number of rotatable bonds is 4. The number of aliphatic hydroxyl groups excluding tert-OH is 1. The van der Waals surface area contributed by atoms with Crippen molar-refractivity contribution < 1.29 is 9.84 Å². The molecule has 1 heterocycles. The minimum absolute atomic E-state index is 0.357. The molecule has 0 spiro atoms. The van der Waals surface area contributed by atoms with Gasteiger partial charge in [-0.3, -0.25) is 0 Å². The fourth-order valence-corrected chi connectivity index (χ4v) is 3.95. The normalized spacial score (nSPS) is 21.1. The Balaban J connectivity index is 2.09. The second-order valence-corrected chi connectivity index (χ2v) is 6.94. The van der Waals surface area contributed by atoms with E-state index < -0.39 is 6.10 Å². The van der Waals surface area contributed by atoms with E-state index in [1.165, 1.54) is 17.7 Å². The van der Waals surface area contributed by atoms with Gasteiger partial charge in [0.1, 0.15) is 0 Å². The molecule has 1 aromatic rings. The molecule has 1 aliphatic rings. The largest absolute Gasteiger partial charge is 0.390 e. The van der Waals surface area contributed by atoms with E-state index in [0.717, 1.165) is 36.4 Å². The summed E-state index contributed by atoms with van der Waals surface area (Å²) in [5.41, 5.74) is 0.726. The summed E-state index contributed by atoms with van der Waals surface area (Å²) in [7, 11) is 1.74. The van der Waals surface area contributed by atoms with Crippen LogP contribution < -0.4 is 0 Å². The van der Waals surface area contributed by atoms with Gasteiger partial charge in [-0.1, -0.05) is 25.7 Å². The van der Waals surface area contributed by atoms with E-state index in [-0.39, 0.29) is 5.60 Å². The fourth-order valence-electron chi connectivity index (χ4n) is 2.98. The van der Waals surface area contributed by atoms with Gasteiger partial charge in [-0.05, 0) is 26.7 Å². The zero-order valence-electron chi connectivity index (χ0n) is 12.2. The van der Waals surface area contributed by atoms with Crippen LogP contribution in [0.15, 0.2) is 0 Å². The topological polar surface area (TPSA) is 42.4 Å². The maximum atomic E-state index is 10.6. The molecule has 4 heteroatoms. The second kappa shape index (κ2) is 6.33. The van der Waals surface area contributed by atoms with Gasteiger partial charge in [0.2, 0.25) is 0 Å². The third-order valence-electron chi connectivity index (χ3n) is 4.40. The van der Waals surface area contributed by atoms with Gasteiger partial charge < -0.3 is 9.84 Å². The standard InChI is InChI=1S/C15H25NO2S/c1-11-12(2)19-14(16-11)10-13(17)15(18-3)8-6-4-5-7-9-15/h13,17H,4-10H2,1-3H3. The molecule has 0 aliphatic heterocycles. The maximum Gasteiger partial charge on any atom is 0.0957 e. The van der Waals surface area contributed by atoms with Crippen LogP contribution in [-0.4, -0.2) is 28.9 Å². The molecule has 3 nitrogen and oxygen atoms in total. The summed E-state index contributed by atoms with van der Waals surface area (Å²) < 4.78 is 5.76. The minimum atomic E-state index is -0.444. The number of hydrogen-bond donors (Lipinski definition) is 1. The molecule has 1 unspecified atom stereocenters. The minimum Gasteiger partial charge on any atom is -0.390 e. The highest BCUT2D eigenvalue weighted by molar-refractivity contribution is 7.11. The molecule has 108 valence electrons. The molecule has 1 aromatic heterocycles. The highest BCUT2D eigenvalue weighted by Crippen LogP contribution is 2.34. The molecule has 0 aromatic carbocycles. The first-order valence-electron chi connectivity index (χ1n) is 7.23. The first-order valence-corrected chi connectivity index (χ1v) is 8.05. The van der Waals surface area contributed by atoms with E-state index in [4.69, 9.17) is 4.74 Å². The maximum absolute atomic E-state index is 10.6. The van der Waals surface area contributed by atoms with E-state index in [1.54, 1.807) is 18.4 Å². The Morgan fingerprint density at radius 2 is 1.89 bits per heavy atom. The van der Waals surface area contributed by atoms with E-state index in [0.29, 0.717) is 6.42 Å². The average molecular weight is 283 g/mol. The molecular formula is C15H25NO2S. The number of hydrogen-bond acceptors (Lipinski definition) is 4. The van der Waals surface area contributed by atoms with Crippen LogP contribution in [0.25, 0.3) is 0 Å². The van der Waals surface area contributed by atoms with Gasteiger partial charge in [-0.2, -0.15) is 0 Å². The van der Waals surface area contributed by atoms with Crippen LogP contribution in [0, 0.1) is 13.8 Å². The van der Waals surface area contributed by atoms with Crippen molar-refractivity contribution in [1.29, 1.82) is 0 Å². The summed E-state index contributed by atoms with van der Waals surface area (Å²) >= 11 is 1.69. The van der Waals surface area contributed by atoms with Crippen molar-refractivity contribution in [2.75, 3.05) is 7.11 Å². The molecule has 1 N–H and O–H groups in total. The molecule has 2 rings (SSSR count). The van der Waals surface area contributed by atoms with Crippen LogP contribution >= 0.6 is 11.3 Å². The van der Waals surface area contributed by atoms with Gasteiger partial charge in [0.15, 0.2) is 0 Å². The molecule has 1 fully saturated rings. The zero-order valence-corrected chi connectivity index (χ0v) is 13.1. The number of aliphatic hydroxyl groups is 1. The lowest BCUT2D eigenvalue weighted by atomic mass is 9.86. The van der Waals surface area contributed by atoms with Gasteiger partial charge >= 0.3 is 0 Å². The van der Waals surface area contributed by atoms with Crippen molar-refractivity contribution in [3.63, 3.8) is 0 Å². The Morgan fingerprint density at radius 3 is 2.37 bits per heavy atom. The van der Waals surface area contributed by atoms with Crippen molar-refractivity contribution in [3.05, 3.63) is 15.6 Å². The highest BCUT2D eigenvalue weighted by atomic mass is 32.1. The van der Waals surface area contributed by atoms with E-state index in [9.17, 15) is 5.11 Å². The summed E-state index contributed by atoms with van der Waals surface area (Å²) in [4.78, 5) is 5.78. The zero-order chi connectivity index (χ0) is 13.9. The third-order valence-corrected chi connectivity index (χ3v) is 5.50. The Morgan fingerprint density at radius 1 is 1.26 bits per heavy atom. The Hall–Kier alpha value is -0.450. The fraction of sp³-hybridized carbons (Fsp3) is 0.800. The summed E-state index contributed by atoms with van der Waals surface area (Å²) in [5.74, 6) is 0. The molecule has 1 aliphatic carbocycles. The van der Waals surface area contributed by atoms with Crippen molar-refractivity contribution in [2.45, 2.75) is 70.5 Å². The average Bonchev–Trinajstić information content (AvgIpc) is 2.60. The first kappa shape index (κ1) is 14.9. The first-order chi connectivity index (χ1) is 9.07. The lowest BCUT2D eigenvalue weighted by Crippen LogP contribution is -2.45. The molecule has 0 saturated heterocycles. The monoisotopic (exact) mass is 283 g/mol. The van der Waals surface area contributed by atoms with E-state index >= 15 is 0 Å². The van der Waals surface area contributed by atoms with Gasteiger partial charge in [0, 0.05) is 18.4 Å². The summed E-state index contributed by atoms with van der Waals surface area (Å²) in [5, 5.41) is 11.7. The van der Waals surface area contributed by atoms with Gasteiger partial charge in [-0.15, -0.1) is 11.3 Å². The van der Waals surface area contributed by atoms with Gasteiger partial charge in [0.05, 0.1) is 22.4 Å². The van der Waals surface area contributed by atoms with Crippen molar-refractivity contribution in [1.82, 2.24) is 4.98 Å². The Kier molecular flexibility index (Phi) is 4.98. The molecule has 1 saturated carbocycles. The van der Waals surface area contributed by atoms with Crippen LogP contribution in [0.4, 0.5) is 0 Å². The number of methoxy groups -OCH3 is 1. The lowest BCUT2D eigenvalue weighted by molar-refractivity contribution is -0.111. The summed E-state index contributed by atoms with van der Waals surface area (Å²) in [6.07, 6.45) is 6.93. The van der Waals surface area contributed by atoms with Crippen molar-refractivity contribution in [3.8, 4) is 0 Å². The van der Waals surface area contributed by atoms with Crippen LogP contribution in [0.2, 0.25) is 0 Å². The second-order valence-electron chi connectivity index (χ2n) is 5.65. The molecule has 1 atom stereocenters. The van der Waals surface area contributed by atoms with Crippen LogP contribution in [0.3, 0.4) is 0 Å². The van der Waals surface area contributed by atoms with E-state index in [2.05, 4.69) is 11.9 Å². The van der Waals surface area contributed by atoms with Crippen LogP contribution in [0.1, 0.15) is 54.1 Å². The Bertz CT molecular complexity index is 389. The Labute approximate surface area is 120 Å². The smallest absolute Gasteiger partial charge is 0.0957 e. The van der Waals surface area contributed by atoms with Crippen LogP contribution in [-0.2, 0) is 11.2 Å². The predicted molar refractivity (Wildman–Crippen MR) is 78.7 cm³/mol. The summed E-state index contributed by atoms with van der Waals surface area (Å²) in [6, 6.07) is 0. The number of thiazole rings is 1. The lowest BCUT2D eigenvalue weighted by Gasteiger charge is -2.36. The number of aryl methyl sites for hydroxylation is 2. The third kappa shape index (κ3) is 3.36. The van der Waals surface area contributed by atoms with Gasteiger partial charge in [-0.25, -0.2) is 4.98 Å².